The molecule has 0 bridgehead atoms. The number of amides is 1. The average Bonchev–Trinajstić information content (AvgIpc) is 2.27. The molecule has 0 radical (unpaired) electrons. The molecule has 104 valence electrons. The van der Waals surface area contributed by atoms with Gasteiger partial charge >= 0.3 is 5.97 Å². The summed E-state index contributed by atoms with van der Waals surface area (Å²) in [5, 5.41) is 30.8. The summed E-state index contributed by atoms with van der Waals surface area (Å²) in [6, 6.07) is -1.09. The maximum absolute atomic E-state index is 11.0. The van der Waals surface area contributed by atoms with Crippen LogP contribution in [-0.4, -0.2) is 64.4 Å². The monoisotopic (exact) mass is 263 g/mol. The van der Waals surface area contributed by atoms with Crippen molar-refractivity contribution in [3.8, 4) is 0 Å². The summed E-state index contributed by atoms with van der Waals surface area (Å²) in [6.07, 6.45) is -5.11. The molecule has 1 saturated heterocycles. The third kappa shape index (κ3) is 3.39. The number of carbonyl (C=O) groups excluding carboxylic acids is 2. The van der Waals surface area contributed by atoms with E-state index >= 15 is 0 Å². The normalized spacial score (nSPS) is 35.9. The molecule has 8 nitrogen and oxygen atoms in total. The lowest BCUT2D eigenvalue weighted by Crippen LogP contribution is -2.65. The number of hydrogen-bond acceptors (Lipinski definition) is 7. The van der Waals surface area contributed by atoms with Crippen molar-refractivity contribution in [2.75, 3.05) is 6.61 Å². The fraction of sp³-hybridized carbons (Fsp3) is 0.800. The van der Waals surface area contributed by atoms with Gasteiger partial charge in [-0.1, -0.05) is 0 Å². The van der Waals surface area contributed by atoms with Gasteiger partial charge in [-0.15, -0.1) is 0 Å². The first-order valence-electron chi connectivity index (χ1n) is 5.43. The minimum absolute atomic E-state index is 0.477. The van der Waals surface area contributed by atoms with Crippen molar-refractivity contribution in [2.45, 2.75) is 44.5 Å². The molecular weight excluding hydrogens is 246 g/mol. The van der Waals surface area contributed by atoms with Crippen LogP contribution in [0.25, 0.3) is 0 Å². The highest BCUT2D eigenvalue weighted by atomic mass is 16.6. The maximum atomic E-state index is 11.0. The molecule has 0 aromatic rings. The highest BCUT2D eigenvalue weighted by molar-refractivity contribution is 5.73. The van der Waals surface area contributed by atoms with Crippen LogP contribution in [-0.2, 0) is 19.1 Å². The number of aliphatic hydroxyl groups excluding tert-OH is 3. The van der Waals surface area contributed by atoms with Crippen molar-refractivity contribution in [3.63, 3.8) is 0 Å². The quantitative estimate of drug-likeness (QED) is 0.414. The molecule has 5 atom stereocenters. The summed E-state index contributed by atoms with van der Waals surface area (Å²) in [5.41, 5.74) is 0. The Bertz CT molecular complexity index is 321. The molecule has 4 N–H and O–H groups in total. The van der Waals surface area contributed by atoms with Gasteiger partial charge in [-0.3, -0.25) is 9.59 Å². The van der Waals surface area contributed by atoms with Crippen LogP contribution in [0.3, 0.4) is 0 Å². The minimum Gasteiger partial charge on any atom is -0.457 e. The molecule has 0 aromatic carbocycles. The lowest BCUT2D eigenvalue weighted by atomic mass is 9.96. The molecule has 8 heteroatoms. The van der Waals surface area contributed by atoms with E-state index in [2.05, 4.69) is 5.32 Å². The molecule has 1 aliphatic rings. The summed E-state index contributed by atoms with van der Waals surface area (Å²) in [6.45, 7) is 1.79. The predicted molar refractivity (Wildman–Crippen MR) is 57.1 cm³/mol. The van der Waals surface area contributed by atoms with Gasteiger partial charge in [0.2, 0.25) is 5.91 Å². The van der Waals surface area contributed by atoms with E-state index in [1.165, 1.54) is 6.92 Å². The standard InChI is InChI=1S/C10H17NO7/c1-4(13)11-7-9(17-5(2)14)8(15)6(3-12)18-10(7)16/h6-10,12,15-16H,3H2,1-2H3,(H,11,13)/t6-,7-,8+,9+,10+/m0/s1. The van der Waals surface area contributed by atoms with Crippen LogP contribution in [0.15, 0.2) is 0 Å². The Balaban J connectivity index is 2.89. The molecule has 0 aliphatic carbocycles. The van der Waals surface area contributed by atoms with Crippen LogP contribution in [0, 0.1) is 0 Å². The summed E-state index contributed by atoms with van der Waals surface area (Å²) >= 11 is 0. The Morgan fingerprint density at radius 1 is 1.33 bits per heavy atom. The van der Waals surface area contributed by atoms with Crippen molar-refractivity contribution in [1.29, 1.82) is 0 Å². The number of hydrogen-bond donors (Lipinski definition) is 4. The zero-order chi connectivity index (χ0) is 13.9. The summed E-state index contributed by atoms with van der Waals surface area (Å²) < 4.78 is 9.79. The van der Waals surface area contributed by atoms with E-state index in [9.17, 15) is 19.8 Å². The highest BCUT2D eigenvalue weighted by Gasteiger charge is 2.46. The molecule has 0 aromatic heterocycles. The third-order valence-electron chi connectivity index (χ3n) is 2.54. The van der Waals surface area contributed by atoms with Crippen LogP contribution >= 0.6 is 0 Å². The molecule has 0 saturated carbocycles. The number of nitrogens with one attached hydrogen (secondary N) is 1. The smallest absolute Gasteiger partial charge is 0.303 e. The Hall–Kier alpha value is -1.22. The van der Waals surface area contributed by atoms with E-state index in [1.54, 1.807) is 0 Å². The van der Waals surface area contributed by atoms with Gasteiger partial charge in [0.05, 0.1) is 6.61 Å². The number of aliphatic hydroxyl groups is 3. The Kier molecular flexibility index (Phi) is 5.03. The zero-order valence-electron chi connectivity index (χ0n) is 10.1. The van der Waals surface area contributed by atoms with E-state index in [-0.39, 0.29) is 0 Å². The van der Waals surface area contributed by atoms with E-state index in [4.69, 9.17) is 14.6 Å². The molecule has 1 amide bonds. The van der Waals surface area contributed by atoms with Gasteiger partial charge in [0.25, 0.3) is 0 Å². The van der Waals surface area contributed by atoms with Crippen LogP contribution < -0.4 is 5.32 Å². The number of ether oxygens (including phenoxy) is 2. The molecule has 1 rings (SSSR count). The van der Waals surface area contributed by atoms with Gasteiger partial charge in [-0.05, 0) is 0 Å². The zero-order valence-corrected chi connectivity index (χ0v) is 10.1. The average molecular weight is 263 g/mol. The van der Waals surface area contributed by atoms with Gasteiger partial charge in [0, 0.05) is 13.8 Å². The van der Waals surface area contributed by atoms with Crippen LogP contribution in [0.2, 0.25) is 0 Å². The molecule has 1 aliphatic heterocycles. The Morgan fingerprint density at radius 2 is 1.94 bits per heavy atom. The predicted octanol–water partition coefficient (Wildman–Crippen LogP) is -2.51. The Labute approximate surface area is 104 Å². The molecule has 1 heterocycles. The molecular formula is C10H17NO7. The second kappa shape index (κ2) is 6.10. The molecule has 18 heavy (non-hydrogen) atoms. The van der Waals surface area contributed by atoms with E-state index in [0.717, 1.165) is 6.92 Å². The minimum atomic E-state index is -1.49. The SMILES string of the molecule is CC(=O)N[C@H]1[C@@H](OC(C)=O)[C@H](O)[C@H](CO)O[C@H]1O. The highest BCUT2D eigenvalue weighted by Crippen LogP contribution is 2.22. The van der Waals surface area contributed by atoms with Crippen molar-refractivity contribution >= 4 is 11.9 Å². The van der Waals surface area contributed by atoms with Gasteiger partial charge in [-0.25, -0.2) is 0 Å². The first kappa shape index (κ1) is 14.8. The van der Waals surface area contributed by atoms with Gasteiger partial charge in [-0.2, -0.15) is 0 Å². The fourth-order valence-corrected chi connectivity index (χ4v) is 1.80. The molecule has 0 unspecified atom stereocenters. The summed E-state index contributed by atoms with van der Waals surface area (Å²) in [4.78, 5) is 22.0. The number of carbonyl (C=O) groups is 2. The molecule has 1 fully saturated rings. The topological polar surface area (TPSA) is 125 Å². The van der Waals surface area contributed by atoms with Gasteiger partial charge in [0.15, 0.2) is 12.4 Å². The van der Waals surface area contributed by atoms with Gasteiger partial charge < -0.3 is 30.1 Å². The van der Waals surface area contributed by atoms with Crippen LogP contribution in [0.4, 0.5) is 0 Å². The lowest BCUT2D eigenvalue weighted by Gasteiger charge is -2.41. The van der Waals surface area contributed by atoms with E-state index in [1.807, 2.05) is 0 Å². The second-order valence-corrected chi connectivity index (χ2v) is 4.04. The van der Waals surface area contributed by atoms with Crippen molar-refractivity contribution in [3.05, 3.63) is 0 Å². The summed E-state index contributed by atoms with van der Waals surface area (Å²) in [5.74, 6) is -1.16. The summed E-state index contributed by atoms with van der Waals surface area (Å²) in [7, 11) is 0. The van der Waals surface area contributed by atoms with Crippen molar-refractivity contribution in [1.82, 2.24) is 5.32 Å². The van der Waals surface area contributed by atoms with E-state index in [0.29, 0.717) is 0 Å². The lowest BCUT2D eigenvalue weighted by molar-refractivity contribution is -0.258. The number of rotatable bonds is 3. The van der Waals surface area contributed by atoms with Gasteiger partial charge in [0.1, 0.15) is 18.2 Å². The first-order chi connectivity index (χ1) is 8.36. The largest absolute Gasteiger partial charge is 0.457 e. The van der Waals surface area contributed by atoms with Crippen LogP contribution in [0.5, 0.6) is 0 Å². The van der Waals surface area contributed by atoms with Crippen molar-refractivity contribution < 1.29 is 34.4 Å². The molecule has 0 spiro atoms. The Morgan fingerprint density at radius 3 is 2.39 bits per heavy atom. The number of esters is 1. The van der Waals surface area contributed by atoms with Crippen LogP contribution in [0.1, 0.15) is 13.8 Å². The van der Waals surface area contributed by atoms with Crippen molar-refractivity contribution in [2.24, 2.45) is 0 Å². The first-order valence-corrected chi connectivity index (χ1v) is 5.43. The fourth-order valence-electron chi connectivity index (χ4n) is 1.80. The maximum Gasteiger partial charge on any atom is 0.303 e. The van der Waals surface area contributed by atoms with E-state index < -0.39 is 49.1 Å². The second-order valence-electron chi connectivity index (χ2n) is 4.04. The third-order valence-corrected chi connectivity index (χ3v) is 2.54.